The third kappa shape index (κ3) is 4.07. The Hall–Kier alpha value is -3.58. The van der Waals surface area contributed by atoms with Gasteiger partial charge < -0.3 is 10.1 Å². The zero-order valence-electron chi connectivity index (χ0n) is 19.0. The first kappa shape index (κ1) is 22.2. The van der Waals surface area contributed by atoms with Crippen LogP contribution >= 0.6 is 0 Å². The van der Waals surface area contributed by atoms with E-state index in [1.54, 1.807) is 36.4 Å². The molecule has 0 saturated carbocycles. The molecule has 7 heteroatoms. The fourth-order valence-corrected chi connectivity index (χ4v) is 5.94. The summed E-state index contributed by atoms with van der Waals surface area (Å²) in [5, 5.41) is 3.61. The largest absolute Gasteiger partial charge is 0.465 e. The topological polar surface area (TPSA) is 84.5 Å². The molecule has 0 saturated heterocycles. The van der Waals surface area contributed by atoms with Gasteiger partial charge in [-0.3, -0.25) is 4.72 Å². The normalized spacial score (nSPS) is 20.7. The molecule has 1 heterocycles. The van der Waals surface area contributed by atoms with Gasteiger partial charge >= 0.3 is 5.97 Å². The van der Waals surface area contributed by atoms with E-state index >= 15 is 0 Å². The molecule has 3 atom stereocenters. The number of aryl methyl sites for hydroxylation is 1. The molecule has 2 aliphatic rings. The zero-order chi connectivity index (χ0) is 23.9. The van der Waals surface area contributed by atoms with Gasteiger partial charge in [-0.25, -0.2) is 13.2 Å². The van der Waals surface area contributed by atoms with E-state index in [1.807, 2.05) is 37.3 Å². The number of benzene rings is 3. The number of nitrogens with one attached hydrogen (secondary N) is 2. The summed E-state index contributed by atoms with van der Waals surface area (Å²) in [4.78, 5) is 12.0. The Bertz CT molecular complexity index is 1360. The second-order valence-corrected chi connectivity index (χ2v) is 10.5. The summed E-state index contributed by atoms with van der Waals surface area (Å²) in [7, 11) is -2.34. The summed E-state index contributed by atoms with van der Waals surface area (Å²) in [5.41, 5.74) is 5.10. The molecule has 0 unspecified atom stereocenters. The van der Waals surface area contributed by atoms with Crippen molar-refractivity contribution >= 4 is 27.4 Å². The third-order valence-electron chi connectivity index (χ3n) is 6.64. The lowest BCUT2D eigenvalue weighted by molar-refractivity contribution is 0.0600. The van der Waals surface area contributed by atoms with Crippen LogP contribution in [0.15, 0.2) is 83.8 Å². The van der Waals surface area contributed by atoms with Crippen LogP contribution in [-0.2, 0) is 14.8 Å². The number of fused-ring (bicyclic) bond motifs is 3. The van der Waals surface area contributed by atoms with E-state index in [1.165, 1.54) is 7.11 Å². The summed E-state index contributed by atoms with van der Waals surface area (Å²) >= 11 is 0. The van der Waals surface area contributed by atoms with Gasteiger partial charge in [0.2, 0.25) is 0 Å². The van der Waals surface area contributed by atoms with E-state index in [9.17, 15) is 13.2 Å². The number of methoxy groups -OCH3 is 1. The van der Waals surface area contributed by atoms with Gasteiger partial charge in [0.1, 0.15) is 0 Å². The van der Waals surface area contributed by atoms with Crippen LogP contribution in [-0.4, -0.2) is 21.5 Å². The van der Waals surface area contributed by atoms with E-state index < -0.39 is 10.0 Å². The first-order chi connectivity index (χ1) is 16.4. The van der Waals surface area contributed by atoms with E-state index in [2.05, 4.69) is 22.2 Å². The smallest absolute Gasteiger partial charge is 0.337 e. The van der Waals surface area contributed by atoms with Gasteiger partial charge in [0, 0.05) is 17.3 Å². The molecular formula is C27H26N2O4S. The number of hydrogen-bond acceptors (Lipinski definition) is 5. The van der Waals surface area contributed by atoms with Crippen molar-refractivity contribution < 1.29 is 17.9 Å². The Morgan fingerprint density at radius 1 is 1.03 bits per heavy atom. The average molecular weight is 475 g/mol. The van der Waals surface area contributed by atoms with Crippen LogP contribution in [0.25, 0.3) is 0 Å². The SMILES string of the molecule is COC(=O)c1ccc([C@H]2Nc3ccc(S(=O)(=O)Nc4ccc(C)cc4)cc3[C@@H]3C=CC[C@@H]23)cc1. The minimum absolute atomic E-state index is 0.0485. The number of carbonyl (C=O) groups excluding carboxylic acids is 1. The molecule has 5 rings (SSSR count). The second-order valence-electron chi connectivity index (χ2n) is 8.81. The molecule has 34 heavy (non-hydrogen) atoms. The van der Waals surface area contributed by atoms with Gasteiger partial charge in [0.15, 0.2) is 0 Å². The van der Waals surface area contributed by atoms with Crippen LogP contribution < -0.4 is 10.0 Å². The molecule has 1 aliphatic carbocycles. The standard InChI is InChI=1S/C27H26N2O4S/c1-17-6-12-20(13-7-17)29-34(31,32)21-14-15-25-24(16-21)22-4-3-5-23(22)26(28-25)18-8-10-19(11-9-18)27(30)33-2/h3-4,6-16,22-23,26,28-29H,5H2,1-2H3/t22-,23-,26-/m1/s1. The summed E-state index contributed by atoms with van der Waals surface area (Å²) in [6.07, 6.45) is 5.22. The van der Waals surface area contributed by atoms with E-state index in [0.29, 0.717) is 11.3 Å². The summed E-state index contributed by atoms with van der Waals surface area (Å²) in [6.45, 7) is 1.96. The van der Waals surface area contributed by atoms with Crippen LogP contribution in [0.3, 0.4) is 0 Å². The lowest BCUT2D eigenvalue weighted by Gasteiger charge is -2.37. The maximum atomic E-state index is 13.1. The molecule has 3 aromatic rings. The maximum Gasteiger partial charge on any atom is 0.337 e. The van der Waals surface area contributed by atoms with Crippen molar-refractivity contribution in [1.29, 1.82) is 0 Å². The fraction of sp³-hybridized carbons (Fsp3) is 0.222. The van der Waals surface area contributed by atoms with Gasteiger partial charge in [0.05, 0.1) is 23.6 Å². The highest BCUT2D eigenvalue weighted by atomic mass is 32.2. The van der Waals surface area contributed by atoms with Crippen LogP contribution in [0, 0.1) is 12.8 Å². The van der Waals surface area contributed by atoms with Crippen LogP contribution in [0.5, 0.6) is 0 Å². The third-order valence-corrected chi connectivity index (χ3v) is 8.02. The number of sulfonamides is 1. The quantitative estimate of drug-likeness (QED) is 0.382. The lowest BCUT2D eigenvalue weighted by Crippen LogP contribution is -2.29. The Balaban J connectivity index is 1.44. The summed E-state index contributed by atoms with van der Waals surface area (Å²) in [5.74, 6) is -0.00237. The van der Waals surface area contributed by atoms with Gasteiger partial charge in [-0.2, -0.15) is 0 Å². The van der Waals surface area contributed by atoms with Gasteiger partial charge in [-0.05, 0) is 72.9 Å². The minimum atomic E-state index is -3.72. The van der Waals surface area contributed by atoms with Gasteiger partial charge in [-0.1, -0.05) is 42.0 Å². The average Bonchev–Trinajstić information content (AvgIpc) is 3.34. The highest BCUT2D eigenvalue weighted by molar-refractivity contribution is 7.92. The molecule has 1 aliphatic heterocycles. The molecule has 3 aromatic carbocycles. The van der Waals surface area contributed by atoms with E-state index in [0.717, 1.165) is 28.8 Å². The number of esters is 1. The molecule has 0 bridgehead atoms. The van der Waals surface area contributed by atoms with Crippen LogP contribution in [0.1, 0.15) is 45.4 Å². The summed E-state index contributed by atoms with van der Waals surface area (Å²) in [6, 6.07) is 20.1. The van der Waals surface area contributed by atoms with Crippen molar-refractivity contribution in [2.75, 3.05) is 17.1 Å². The van der Waals surface area contributed by atoms with Gasteiger partial charge in [0.25, 0.3) is 10.0 Å². The van der Waals surface area contributed by atoms with Crippen molar-refractivity contribution in [2.24, 2.45) is 5.92 Å². The monoisotopic (exact) mass is 474 g/mol. The van der Waals surface area contributed by atoms with Gasteiger partial charge in [-0.15, -0.1) is 0 Å². The second kappa shape index (κ2) is 8.65. The molecule has 174 valence electrons. The van der Waals surface area contributed by atoms with Crippen LogP contribution in [0.2, 0.25) is 0 Å². The number of ether oxygens (including phenoxy) is 1. The van der Waals surface area contributed by atoms with Crippen molar-refractivity contribution in [3.05, 3.63) is 101 Å². The first-order valence-electron chi connectivity index (χ1n) is 11.2. The van der Waals surface area contributed by atoms with E-state index in [4.69, 9.17) is 4.74 Å². The minimum Gasteiger partial charge on any atom is -0.465 e. The molecule has 0 fully saturated rings. The van der Waals surface area contributed by atoms with Crippen molar-refractivity contribution in [3.8, 4) is 0 Å². The Morgan fingerprint density at radius 3 is 2.47 bits per heavy atom. The van der Waals surface area contributed by atoms with Crippen molar-refractivity contribution in [2.45, 2.75) is 30.2 Å². The Kier molecular flexibility index (Phi) is 5.65. The number of anilines is 2. The first-order valence-corrected chi connectivity index (χ1v) is 12.7. The lowest BCUT2D eigenvalue weighted by atomic mass is 9.77. The molecule has 6 nitrogen and oxygen atoms in total. The number of carbonyl (C=O) groups is 1. The molecule has 0 amide bonds. The van der Waals surface area contributed by atoms with E-state index in [-0.39, 0.29) is 28.7 Å². The van der Waals surface area contributed by atoms with Crippen LogP contribution in [0.4, 0.5) is 11.4 Å². The number of allylic oxidation sites excluding steroid dienone is 2. The Labute approximate surface area is 199 Å². The van der Waals surface area contributed by atoms with Crippen molar-refractivity contribution in [1.82, 2.24) is 0 Å². The molecule has 0 radical (unpaired) electrons. The Morgan fingerprint density at radius 2 is 1.76 bits per heavy atom. The molecule has 0 spiro atoms. The predicted octanol–water partition coefficient (Wildman–Crippen LogP) is 5.41. The maximum absolute atomic E-state index is 13.1. The summed E-state index contributed by atoms with van der Waals surface area (Å²) < 4.78 is 33.6. The molecular weight excluding hydrogens is 448 g/mol. The fourth-order valence-electron chi connectivity index (χ4n) is 4.85. The predicted molar refractivity (Wildman–Crippen MR) is 133 cm³/mol. The zero-order valence-corrected chi connectivity index (χ0v) is 19.8. The molecule has 2 N–H and O–H groups in total. The highest BCUT2D eigenvalue weighted by Crippen LogP contribution is 2.50. The van der Waals surface area contributed by atoms with Crippen molar-refractivity contribution in [3.63, 3.8) is 0 Å². The molecule has 0 aromatic heterocycles. The number of hydrogen-bond donors (Lipinski definition) is 2. The highest BCUT2D eigenvalue weighted by Gasteiger charge is 2.38. The number of rotatable bonds is 5.